The van der Waals surface area contributed by atoms with E-state index >= 15 is 0 Å². The van der Waals surface area contributed by atoms with E-state index in [9.17, 15) is 5.11 Å². The molecular weight excluding hydrogens is 306 g/mol. The van der Waals surface area contributed by atoms with E-state index in [4.69, 9.17) is 21.1 Å². The van der Waals surface area contributed by atoms with Gasteiger partial charge in [-0.15, -0.1) is 0 Å². The molecule has 22 heavy (non-hydrogen) atoms. The van der Waals surface area contributed by atoms with Crippen molar-refractivity contribution in [3.63, 3.8) is 0 Å². The second kappa shape index (κ2) is 6.18. The summed E-state index contributed by atoms with van der Waals surface area (Å²) in [6, 6.07) is 0.462. The predicted octanol–water partition coefficient (Wildman–Crippen LogP) is 1.89. The van der Waals surface area contributed by atoms with Crippen molar-refractivity contribution in [2.75, 3.05) is 31.8 Å². The van der Waals surface area contributed by atoms with Gasteiger partial charge in [0.05, 0.1) is 25.5 Å². The third-order valence-corrected chi connectivity index (χ3v) is 5.04. The van der Waals surface area contributed by atoms with E-state index in [-0.39, 0.29) is 12.0 Å². The van der Waals surface area contributed by atoms with Crippen LogP contribution in [0.2, 0.25) is 5.02 Å². The molecule has 2 aliphatic rings. The maximum atomic E-state index is 10.7. The SMILES string of the molecule is COc1ncc(Cl)c(N2CCC[C@@H]2[C@H]2COCC[C@]2(C)O)n1. The van der Waals surface area contributed by atoms with Crippen LogP contribution in [0.4, 0.5) is 5.82 Å². The lowest BCUT2D eigenvalue weighted by Crippen LogP contribution is -2.52. The van der Waals surface area contributed by atoms with Crippen LogP contribution in [0.5, 0.6) is 6.01 Å². The predicted molar refractivity (Wildman–Crippen MR) is 83.5 cm³/mol. The van der Waals surface area contributed by atoms with Crippen molar-refractivity contribution in [1.29, 1.82) is 0 Å². The normalized spacial score (nSPS) is 32.3. The number of rotatable bonds is 3. The van der Waals surface area contributed by atoms with Gasteiger partial charge in [-0.25, -0.2) is 4.98 Å². The zero-order valence-electron chi connectivity index (χ0n) is 13.0. The van der Waals surface area contributed by atoms with Gasteiger partial charge in [0, 0.05) is 25.1 Å². The Morgan fingerprint density at radius 1 is 1.55 bits per heavy atom. The van der Waals surface area contributed by atoms with Gasteiger partial charge in [0.15, 0.2) is 5.82 Å². The van der Waals surface area contributed by atoms with Crippen molar-refractivity contribution in [3.8, 4) is 6.01 Å². The highest BCUT2D eigenvalue weighted by molar-refractivity contribution is 6.32. The van der Waals surface area contributed by atoms with Gasteiger partial charge >= 0.3 is 6.01 Å². The fourth-order valence-corrected chi connectivity index (χ4v) is 3.70. The maximum absolute atomic E-state index is 10.7. The Morgan fingerprint density at radius 3 is 3.09 bits per heavy atom. The Hall–Kier alpha value is -1.11. The van der Waals surface area contributed by atoms with Crippen molar-refractivity contribution in [1.82, 2.24) is 9.97 Å². The van der Waals surface area contributed by atoms with Gasteiger partial charge in [-0.1, -0.05) is 11.6 Å². The Bertz CT molecular complexity index is 541. The summed E-state index contributed by atoms with van der Waals surface area (Å²) in [5.41, 5.74) is -0.727. The van der Waals surface area contributed by atoms with E-state index in [1.54, 1.807) is 6.20 Å². The molecule has 0 aliphatic carbocycles. The summed E-state index contributed by atoms with van der Waals surface area (Å²) in [4.78, 5) is 10.6. The van der Waals surface area contributed by atoms with Gasteiger partial charge in [0.25, 0.3) is 0 Å². The molecule has 2 aliphatic heterocycles. The smallest absolute Gasteiger partial charge is 0.318 e. The minimum Gasteiger partial charge on any atom is -0.467 e. The Kier molecular flexibility index (Phi) is 4.43. The highest BCUT2D eigenvalue weighted by Gasteiger charge is 2.44. The fraction of sp³-hybridized carbons (Fsp3) is 0.733. The standard InChI is InChI=1S/C15H22ClN3O3/c1-15(20)5-7-22-9-10(15)12-4-3-6-19(12)13-11(16)8-17-14(18-13)21-2/h8,10,12,20H,3-7,9H2,1-2H3/t10-,12-,15+/m1/s1. The number of anilines is 1. The van der Waals surface area contributed by atoms with Crippen LogP contribution in [0.3, 0.4) is 0 Å². The van der Waals surface area contributed by atoms with Crippen LogP contribution >= 0.6 is 11.6 Å². The summed E-state index contributed by atoms with van der Waals surface area (Å²) in [6.07, 6.45) is 4.25. The molecule has 0 radical (unpaired) electrons. The van der Waals surface area contributed by atoms with E-state index in [0.29, 0.717) is 36.5 Å². The number of methoxy groups -OCH3 is 1. The van der Waals surface area contributed by atoms with Gasteiger partial charge < -0.3 is 19.5 Å². The summed E-state index contributed by atoms with van der Waals surface area (Å²) < 4.78 is 10.7. The highest BCUT2D eigenvalue weighted by atomic mass is 35.5. The topological polar surface area (TPSA) is 67.7 Å². The molecule has 6 nitrogen and oxygen atoms in total. The fourth-order valence-electron chi connectivity index (χ4n) is 3.50. The molecule has 122 valence electrons. The van der Waals surface area contributed by atoms with Crippen LogP contribution in [0.1, 0.15) is 26.2 Å². The first-order valence-corrected chi connectivity index (χ1v) is 8.04. The lowest BCUT2D eigenvalue weighted by atomic mass is 9.79. The molecule has 7 heteroatoms. The molecule has 3 atom stereocenters. The van der Waals surface area contributed by atoms with Crippen LogP contribution in [-0.2, 0) is 4.74 Å². The maximum Gasteiger partial charge on any atom is 0.318 e. The van der Waals surface area contributed by atoms with Gasteiger partial charge in [-0.3, -0.25) is 0 Å². The molecule has 1 aromatic heterocycles. The minimum absolute atomic E-state index is 0.0424. The number of ether oxygens (including phenoxy) is 2. The second-order valence-electron chi connectivity index (χ2n) is 6.22. The zero-order chi connectivity index (χ0) is 15.7. The molecule has 2 fully saturated rings. The quantitative estimate of drug-likeness (QED) is 0.914. The van der Waals surface area contributed by atoms with Crippen molar-refractivity contribution < 1.29 is 14.6 Å². The van der Waals surface area contributed by atoms with Gasteiger partial charge in [0.2, 0.25) is 0 Å². The first kappa shape index (κ1) is 15.8. The molecule has 0 unspecified atom stereocenters. The first-order valence-electron chi connectivity index (χ1n) is 7.66. The van der Waals surface area contributed by atoms with Crippen LogP contribution in [-0.4, -0.2) is 53.6 Å². The van der Waals surface area contributed by atoms with Crippen LogP contribution in [0.15, 0.2) is 6.20 Å². The summed E-state index contributed by atoms with van der Waals surface area (Å²) in [7, 11) is 1.54. The number of halogens is 1. The number of aromatic nitrogens is 2. The second-order valence-corrected chi connectivity index (χ2v) is 6.63. The summed E-state index contributed by atoms with van der Waals surface area (Å²) in [5, 5.41) is 11.2. The van der Waals surface area contributed by atoms with Gasteiger partial charge in [-0.05, 0) is 26.2 Å². The van der Waals surface area contributed by atoms with E-state index in [0.717, 1.165) is 19.4 Å². The number of hydrogen-bond acceptors (Lipinski definition) is 6. The van der Waals surface area contributed by atoms with Crippen molar-refractivity contribution in [2.45, 2.75) is 37.8 Å². The number of hydrogen-bond donors (Lipinski definition) is 1. The Morgan fingerprint density at radius 2 is 2.36 bits per heavy atom. The van der Waals surface area contributed by atoms with Gasteiger partial charge in [-0.2, -0.15) is 4.98 Å². The zero-order valence-corrected chi connectivity index (χ0v) is 13.7. The molecule has 0 saturated carbocycles. The first-order chi connectivity index (χ1) is 10.5. The largest absolute Gasteiger partial charge is 0.467 e. The Balaban J connectivity index is 1.90. The van der Waals surface area contributed by atoms with E-state index in [1.807, 2.05) is 6.92 Å². The molecule has 0 bridgehead atoms. The molecular formula is C15H22ClN3O3. The van der Waals surface area contributed by atoms with E-state index in [2.05, 4.69) is 14.9 Å². The third kappa shape index (κ3) is 2.87. The lowest BCUT2D eigenvalue weighted by Gasteiger charge is -2.43. The summed E-state index contributed by atoms with van der Waals surface area (Å²) >= 11 is 6.29. The molecule has 2 saturated heterocycles. The molecule has 3 rings (SSSR count). The van der Waals surface area contributed by atoms with E-state index < -0.39 is 5.60 Å². The molecule has 0 spiro atoms. The van der Waals surface area contributed by atoms with Crippen molar-refractivity contribution in [3.05, 3.63) is 11.2 Å². The lowest BCUT2D eigenvalue weighted by molar-refractivity contribution is -0.108. The summed E-state index contributed by atoms with van der Waals surface area (Å²) in [6.45, 7) is 3.93. The molecule has 0 amide bonds. The third-order valence-electron chi connectivity index (χ3n) is 4.77. The molecule has 1 aromatic rings. The molecule has 3 heterocycles. The van der Waals surface area contributed by atoms with Gasteiger partial charge in [0.1, 0.15) is 5.02 Å². The number of nitrogens with zero attached hydrogens (tertiary/aromatic N) is 3. The number of aliphatic hydroxyl groups is 1. The molecule has 1 N–H and O–H groups in total. The van der Waals surface area contributed by atoms with Crippen molar-refractivity contribution in [2.24, 2.45) is 5.92 Å². The average Bonchev–Trinajstić information content (AvgIpc) is 2.96. The van der Waals surface area contributed by atoms with Crippen LogP contribution < -0.4 is 9.64 Å². The Labute approximate surface area is 135 Å². The van der Waals surface area contributed by atoms with Crippen LogP contribution in [0.25, 0.3) is 0 Å². The van der Waals surface area contributed by atoms with Crippen LogP contribution in [0, 0.1) is 5.92 Å². The van der Waals surface area contributed by atoms with Crippen molar-refractivity contribution >= 4 is 17.4 Å². The minimum atomic E-state index is -0.727. The monoisotopic (exact) mass is 327 g/mol. The summed E-state index contributed by atoms with van der Waals surface area (Å²) in [5.74, 6) is 0.721. The average molecular weight is 328 g/mol. The molecule has 0 aromatic carbocycles. The highest BCUT2D eigenvalue weighted by Crippen LogP contribution is 2.39. The van der Waals surface area contributed by atoms with E-state index in [1.165, 1.54) is 7.11 Å².